The molecule has 0 bridgehead atoms. The summed E-state index contributed by atoms with van der Waals surface area (Å²) in [6, 6.07) is 11.2. The van der Waals surface area contributed by atoms with E-state index in [1.807, 2.05) is 37.1 Å². The van der Waals surface area contributed by atoms with Crippen molar-refractivity contribution in [1.82, 2.24) is 4.90 Å². The average molecular weight is 344 g/mol. The van der Waals surface area contributed by atoms with Crippen LogP contribution in [-0.2, 0) is 11.3 Å². The van der Waals surface area contributed by atoms with E-state index in [4.69, 9.17) is 9.47 Å². The summed E-state index contributed by atoms with van der Waals surface area (Å²) in [5, 5.41) is 2.79. The van der Waals surface area contributed by atoms with Crippen LogP contribution in [0.3, 0.4) is 0 Å². The van der Waals surface area contributed by atoms with Crippen LogP contribution in [0.5, 0.6) is 11.5 Å². The minimum absolute atomic E-state index is 0.147. The van der Waals surface area contributed by atoms with E-state index in [2.05, 4.69) is 5.32 Å². The molecular formula is C19H21FN2O3. The minimum Gasteiger partial charge on any atom is -0.486 e. The highest BCUT2D eigenvalue weighted by molar-refractivity contribution is 5.94. The van der Waals surface area contributed by atoms with E-state index in [0.717, 1.165) is 17.1 Å². The van der Waals surface area contributed by atoms with Crippen molar-refractivity contribution in [3.63, 3.8) is 0 Å². The lowest BCUT2D eigenvalue weighted by atomic mass is 10.1. The molecule has 1 aliphatic rings. The summed E-state index contributed by atoms with van der Waals surface area (Å²) >= 11 is 0. The highest BCUT2D eigenvalue weighted by Crippen LogP contribution is 2.31. The second kappa shape index (κ2) is 7.53. The van der Waals surface area contributed by atoms with Crippen molar-refractivity contribution in [2.24, 2.45) is 0 Å². The van der Waals surface area contributed by atoms with E-state index in [1.165, 1.54) is 12.1 Å². The third kappa shape index (κ3) is 4.28. The van der Waals surface area contributed by atoms with Gasteiger partial charge in [0, 0.05) is 12.2 Å². The summed E-state index contributed by atoms with van der Waals surface area (Å²) in [5.41, 5.74) is 1.61. The number of hydrogen-bond acceptors (Lipinski definition) is 4. The third-order valence-corrected chi connectivity index (χ3v) is 4.19. The molecule has 1 amide bonds. The van der Waals surface area contributed by atoms with E-state index in [1.54, 1.807) is 12.1 Å². The molecule has 25 heavy (non-hydrogen) atoms. The Labute approximate surface area is 146 Å². The highest BCUT2D eigenvalue weighted by atomic mass is 19.1. The van der Waals surface area contributed by atoms with Gasteiger partial charge in [0.2, 0.25) is 5.91 Å². The lowest BCUT2D eigenvalue weighted by Crippen LogP contribution is -2.39. The SMILES string of the molecule is C[C@H](C(=O)Nc1ccc(F)cc1)N(C)Cc1ccc2c(c1)OCCO2. The second-order valence-electron chi connectivity index (χ2n) is 6.07. The Morgan fingerprint density at radius 2 is 1.84 bits per heavy atom. The molecule has 0 unspecified atom stereocenters. The topological polar surface area (TPSA) is 50.8 Å². The number of rotatable bonds is 5. The lowest BCUT2D eigenvalue weighted by Gasteiger charge is -2.25. The molecule has 1 aliphatic heterocycles. The molecule has 1 heterocycles. The lowest BCUT2D eigenvalue weighted by molar-refractivity contribution is -0.120. The fraction of sp³-hybridized carbons (Fsp3) is 0.316. The highest BCUT2D eigenvalue weighted by Gasteiger charge is 2.19. The van der Waals surface area contributed by atoms with Crippen LogP contribution < -0.4 is 14.8 Å². The van der Waals surface area contributed by atoms with Gasteiger partial charge >= 0.3 is 0 Å². The molecule has 5 nitrogen and oxygen atoms in total. The maximum absolute atomic E-state index is 12.9. The second-order valence-corrected chi connectivity index (χ2v) is 6.07. The molecule has 6 heteroatoms. The third-order valence-electron chi connectivity index (χ3n) is 4.19. The number of anilines is 1. The van der Waals surface area contributed by atoms with Crippen molar-refractivity contribution in [2.45, 2.75) is 19.5 Å². The Bertz CT molecular complexity index is 749. The van der Waals surface area contributed by atoms with Gasteiger partial charge in [0.15, 0.2) is 11.5 Å². The zero-order valence-corrected chi connectivity index (χ0v) is 14.3. The number of amides is 1. The summed E-state index contributed by atoms with van der Waals surface area (Å²) in [6.45, 7) is 3.53. The summed E-state index contributed by atoms with van der Waals surface area (Å²) in [5.74, 6) is 1.01. The molecule has 0 aliphatic carbocycles. The Hall–Kier alpha value is -2.60. The number of benzene rings is 2. The van der Waals surface area contributed by atoms with Crippen LogP contribution in [0.4, 0.5) is 10.1 Å². The molecule has 0 spiro atoms. The first-order valence-electron chi connectivity index (χ1n) is 8.18. The van der Waals surface area contributed by atoms with Gasteiger partial charge in [-0.1, -0.05) is 6.07 Å². The van der Waals surface area contributed by atoms with Gasteiger partial charge in [-0.2, -0.15) is 0 Å². The molecule has 0 saturated heterocycles. The maximum atomic E-state index is 12.9. The van der Waals surface area contributed by atoms with E-state index < -0.39 is 0 Å². The van der Waals surface area contributed by atoms with Gasteiger partial charge in [-0.25, -0.2) is 4.39 Å². The van der Waals surface area contributed by atoms with E-state index in [-0.39, 0.29) is 17.8 Å². The van der Waals surface area contributed by atoms with Crippen LogP contribution in [0.15, 0.2) is 42.5 Å². The normalized spacial score (nSPS) is 14.2. The Morgan fingerprint density at radius 3 is 2.56 bits per heavy atom. The molecule has 132 valence electrons. The number of likely N-dealkylation sites (N-methyl/N-ethyl adjacent to an activating group) is 1. The number of nitrogens with one attached hydrogen (secondary N) is 1. The first kappa shape index (κ1) is 17.2. The average Bonchev–Trinajstić information content (AvgIpc) is 2.62. The van der Waals surface area contributed by atoms with Crippen LogP contribution in [0.2, 0.25) is 0 Å². The molecular weight excluding hydrogens is 323 g/mol. The standard InChI is InChI=1S/C19H21FN2O3/c1-13(19(23)21-16-6-4-15(20)5-7-16)22(2)12-14-3-8-17-18(11-14)25-10-9-24-17/h3-8,11,13H,9-10,12H2,1-2H3,(H,21,23)/t13-/m1/s1. The Morgan fingerprint density at radius 1 is 1.16 bits per heavy atom. The fourth-order valence-corrected chi connectivity index (χ4v) is 2.59. The number of carbonyl (C=O) groups is 1. The van der Waals surface area contributed by atoms with Gasteiger partial charge in [-0.15, -0.1) is 0 Å². The van der Waals surface area contributed by atoms with Crippen molar-refractivity contribution in [1.29, 1.82) is 0 Å². The van der Waals surface area contributed by atoms with E-state index in [0.29, 0.717) is 25.4 Å². The Balaban J connectivity index is 1.60. The molecule has 1 atom stereocenters. The number of halogens is 1. The fourth-order valence-electron chi connectivity index (χ4n) is 2.59. The van der Waals surface area contributed by atoms with Crippen LogP contribution in [0, 0.1) is 5.82 Å². The van der Waals surface area contributed by atoms with Gasteiger partial charge < -0.3 is 14.8 Å². The Kier molecular flexibility index (Phi) is 5.19. The molecule has 3 rings (SSSR count). The van der Waals surface area contributed by atoms with Gasteiger partial charge in [-0.3, -0.25) is 9.69 Å². The predicted octanol–water partition coefficient (Wildman–Crippen LogP) is 3.06. The van der Waals surface area contributed by atoms with E-state index in [9.17, 15) is 9.18 Å². The summed E-state index contributed by atoms with van der Waals surface area (Å²) in [4.78, 5) is 14.3. The van der Waals surface area contributed by atoms with Crippen LogP contribution in [0.25, 0.3) is 0 Å². The van der Waals surface area contributed by atoms with Gasteiger partial charge in [0.05, 0.1) is 6.04 Å². The molecule has 0 aromatic heterocycles. The number of carbonyl (C=O) groups excluding carboxylic acids is 1. The number of fused-ring (bicyclic) bond motifs is 1. The van der Waals surface area contributed by atoms with Crippen molar-refractivity contribution < 1.29 is 18.7 Å². The molecule has 0 fully saturated rings. The maximum Gasteiger partial charge on any atom is 0.241 e. The van der Waals surface area contributed by atoms with Crippen LogP contribution >= 0.6 is 0 Å². The van der Waals surface area contributed by atoms with Gasteiger partial charge in [-0.05, 0) is 55.9 Å². The van der Waals surface area contributed by atoms with Crippen LogP contribution in [-0.4, -0.2) is 37.1 Å². The molecule has 0 radical (unpaired) electrons. The number of hydrogen-bond donors (Lipinski definition) is 1. The monoisotopic (exact) mass is 344 g/mol. The summed E-state index contributed by atoms with van der Waals surface area (Å²) < 4.78 is 24.0. The number of nitrogens with zero attached hydrogens (tertiary/aromatic N) is 1. The van der Waals surface area contributed by atoms with E-state index >= 15 is 0 Å². The summed E-state index contributed by atoms with van der Waals surface area (Å²) in [7, 11) is 1.88. The zero-order valence-electron chi connectivity index (χ0n) is 14.3. The molecule has 1 N–H and O–H groups in total. The molecule has 0 saturated carbocycles. The van der Waals surface area contributed by atoms with Gasteiger partial charge in [0.1, 0.15) is 19.0 Å². The van der Waals surface area contributed by atoms with Crippen molar-refractivity contribution in [3.05, 3.63) is 53.8 Å². The smallest absolute Gasteiger partial charge is 0.241 e. The quantitative estimate of drug-likeness (QED) is 0.906. The van der Waals surface area contributed by atoms with Crippen molar-refractivity contribution in [3.8, 4) is 11.5 Å². The first-order valence-corrected chi connectivity index (χ1v) is 8.18. The van der Waals surface area contributed by atoms with Crippen LogP contribution in [0.1, 0.15) is 12.5 Å². The predicted molar refractivity (Wildman–Crippen MR) is 93.4 cm³/mol. The zero-order chi connectivity index (χ0) is 17.8. The largest absolute Gasteiger partial charge is 0.486 e. The minimum atomic E-state index is -0.349. The first-order chi connectivity index (χ1) is 12.0. The molecule has 2 aromatic carbocycles. The van der Waals surface area contributed by atoms with Gasteiger partial charge in [0.25, 0.3) is 0 Å². The summed E-state index contributed by atoms with van der Waals surface area (Å²) in [6.07, 6.45) is 0. The molecule has 2 aromatic rings. The van der Waals surface area contributed by atoms with Crippen molar-refractivity contribution >= 4 is 11.6 Å². The van der Waals surface area contributed by atoms with Crippen molar-refractivity contribution in [2.75, 3.05) is 25.6 Å². The number of ether oxygens (including phenoxy) is 2.